The van der Waals surface area contributed by atoms with E-state index in [4.69, 9.17) is 0 Å². The van der Waals surface area contributed by atoms with Gasteiger partial charge in [-0.15, -0.1) is 0 Å². The van der Waals surface area contributed by atoms with E-state index in [0.29, 0.717) is 5.17 Å². The number of aliphatic imine (C=N–C) groups is 1. The van der Waals surface area contributed by atoms with Gasteiger partial charge in [-0.3, -0.25) is 14.5 Å². The molecule has 146 valence electrons. The standard InChI is InChI=1S/C22H25N3O2S/c1-5-16-8-10-17(11-9-16)23-22-25(4)21(27)19(28-22)13-20(26)24-18-12-14(2)6-7-15(18)3/h6-12,19H,5,13H2,1-4H3,(H,24,26)/t19-/m0/s1. The molecule has 0 aromatic heterocycles. The molecule has 0 spiro atoms. The highest BCUT2D eigenvalue weighted by molar-refractivity contribution is 8.15. The predicted molar refractivity (Wildman–Crippen MR) is 116 cm³/mol. The lowest BCUT2D eigenvalue weighted by molar-refractivity contribution is -0.127. The van der Waals surface area contributed by atoms with Crippen molar-refractivity contribution in [3.05, 3.63) is 59.2 Å². The lowest BCUT2D eigenvalue weighted by Gasteiger charge is -2.11. The second-order valence-corrected chi connectivity index (χ2v) is 8.16. The van der Waals surface area contributed by atoms with Gasteiger partial charge in [0, 0.05) is 19.2 Å². The summed E-state index contributed by atoms with van der Waals surface area (Å²) in [6.45, 7) is 6.04. The lowest BCUT2D eigenvalue weighted by Crippen LogP contribution is -2.30. The molecule has 2 aromatic carbocycles. The Labute approximate surface area is 170 Å². The van der Waals surface area contributed by atoms with Gasteiger partial charge >= 0.3 is 0 Å². The predicted octanol–water partition coefficient (Wildman–Crippen LogP) is 4.46. The lowest BCUT2D eigenvalue weighted by atomic mass is 10.1. The maximum Gasteiger partial charge on any atom is 0.242 e. The van der Waals surface area contributed by atoms with Crippen LogP contribution in [-0.2, 0) is 16.0 Å². The number of carbonyl (C=O) groups is 2. The maximum atomic E-state index is 12.6. The Morgan fingerprint density at radius 2 is 1.89 bits per heavy atom. The van der Waals surface area contributed by atoms with Crippen LogP contribution in [0.3, 0.4) is 0 Å². The zero-order chi connectivity index (χ0) is 20.3. The second-order valence-electron chi connectivity index (χ2n) is 6.99. The molecule has 0 bridgehead atoms. The molecular formula is C22H25N3O2S. The average Bonchev–Trinajstić information content (AvgIpc) is 2.93. The molecule has 1 N–H and O–H groups in total. The number of thioether (sulfide) groups is 1. The molecule has 0 saturated carbocycles. The Morgan fingerprint density at radius 1 is 1.18 bits per heavy atom. The van der Waals surface area contributed by atoms with Gasteiger partial charge in [-0.1, -0.05) is 43.0 Å². The van der Waals surface area contributed by atoms with Crippen molar-refractivity contribution in [3.8, 4) is 0 Å². The van der Waals surface area contributed by atoms with E-state index in [1.807, 2.05) is 56.3 Å². The van der Waals surface area contributed by atoms with Gasteiger partial charge in [0.05, 0.1) is 5.69 Å². The molecule has 0 unspecified atom stereocenters. The van der Waals surface area contributed by atoms with E-state index in [1.165, 1.54) is 22.2 Å². The van der Waals surface area contributed by atoms with Gasteiger partial charge in [0.15, 0.2) is 5.17 Å². The van der Waals surface area contributed by atoms with Crippen LogP contribution < -0.4 is 5.32 Å². The number of carbonyl (C=O) groups excluding carboxylic acids is 2. The third-order valence-electron chi connectivity index (χ3n) is 4.75. The van der Waals surface area contributed by atoms with E-state index in [-0.39, 0.29) is 18.2 Å². The summed E-state index contributed by atoms with van der Waals surface area (Å²) in [6, 6.07) is 13.9. The summed E-state index contributed by atoms with van der Waals surface area (Å²) < 4.78 is 0. The van der Waals surface area contributed by atoms with E-state index in [2.05, 4.69) is 17.2 Å². The van der Waals surface area contributed by atoms with Crippen molar-refractivity contribution in [2.75, 3.05) is 12.4 Å². The van der Waals surface area contributed by atoms with Crippen LogP contribution >= 0.6 is 11.8 Å². The van der Waals surface area contributed by atoms with E-state index >= 15 is 0 Å². The molecule has 1 aliphatic heterocycles. The number of aryl methyl sites for hydroxylation is 3. The van der Waals surface area contributed by atoms with Crippen LogP contribution in [0, 0.1) is 13.8 Å². The van der Waals surface area contributed by atoms with Crippen LogP contribution in [0.25, 0.3) is 0 Å². The highest BCUT2D eigenvalue weighted by Gasteiger charge is 2.37. The highest BCUT2D eigenvalue weighted by Crippen LogP contribution is 2.31. The van der Waals surface area contributed by atoms with Crippen LogP contribution in [0.2, 0.25) is 0 Å². The van der Waals surface area contributed by atoms with Crippen molar-refractivity contribution in [2.24, 2.45) is 4.99 Å². The quantitative estimate of drug-likeness (QED) is 0.813. The van der Waals surface area contributed by atoms with Crippen LogP contribution in [0.4, 0.5) is 11.4 Å². The molecule has 5 nitrogen and oxygen atoms in total. The third-order valence-corrected chi connectivity index (χ3v) is 5.98. The van der Waals surface area contributed by atoms with E-state index in [1.54, 1.807) is 7.05 Å². The van der Waals surface area contributed by atoms with Crippen molar-refractivity contribution < 1.29 is 9.59 Å². The summed E-state index contributed by atoms with van der Waals surface area (Å²) in [5, 5.41) is 3.10. The summed E-state index contributed by atoms with van der Waals surface area (Å²) >= 11 is 1.34. The Bertz CT molecular complexity index is 922. The summed E-state index contributed by atoms with van der Waals surface area (Å²) in [6.07, 6.45) is 1.09. The van der Waals surface area contributed by atoms with Crippen molar-refractivity contribution in [2.45, 2.75) is 38.9 Å². The van der Waals surface area contributed by atoms with Crippen molar-refractivity contribution in [1.29, 1.82) is 0 Å². The Hall–Kier alpha value is -2.60. The van der Waals surface area contributed by atoms with Gasteiger partial charge in [0.2, 0.25) is 11.8 Å². The first-order chi connectivity index (χ1) is 13.4. The Kier molecular flexibility index (Phi) is 6.19. The first kappa shape index (κ1) is 20.1. The molecule has 28 heavy (non-hydrogen) atoms. The highest BCUT2D eigenvalue weighted by atomic mass is 32.2. The van der Waals surface area contributed by atoms with Crippen LogP contribution in [0.5, 0.6) is 0 Å². The minimum Gasteiger partial charge on any atom is -0.326 e. The molecule has 2 amide bonds. The van der Waals surface area contributed by atoms with E-state index in [9.17, 15) is 9.59 Å². The molecule has 1 heterocycles. The van der Waals surface area contributed by atoms with Crippen molar-refractivity contribution in [1.82, 2.24) is 4.90 Å². The Morgan fingerprint density at radius 3 is 2.57 bits per heavy atom. The van der Waals surface area contributed by atoms with Crippen LogP contribution in [0.15, 0.2) is 47.5 Å². The normalized spacial score (nSPS) is 18.0. The third kappa shape index (κ3) is 4.62. The number of hydrogen-bond acceptors (Lipinski definition) is 4. The number of nitrogens with zero attached hydrogens (tertiary/aromatic N) is 2. The maximum absolute atomic E-state index is 12.6. The molecule has 6 heteroatoms. The topological polar surface area (TPSA) is 61.8 Å². The molecule has 1 aliphatic rings. The number of nitrogens with one attached hydrogen (secondary N) is 1. The van der Waals surface area contributed by atoms with Crippen LogP contribution in [0.1, 0.15) is 30.0 Å². The molecule has 0 aliphatic carbocycles. The van der Waals surface area contributed by atoms with Crippen molar-refractivity contribution >= 4 is 40.1 Å². The summed E-state index contributed by atoms with van der Waals surface area (Å²) in [4.78, 5) is 31.2. The van der Waals surface area contributed by atoms with Gasteiger partial charge in [-0.2, -0.15) is 0 Å². The number of amidine groups is 1. The van der Waals surface area contributed by atoms with E-state index < -0.39 is 5.25 Å². The smallest absolute Gasteiger partial charge is 0.242 e. The molecule has 1 saturated heterocycles. The number of anilines is 1. The first-order valence-electron chi connectivity index (χ1n) is 9.36. The van der Waals surface area contributed by atoms with Crippen LogP contribution in [-0.4, -0.2) is 34.2 Å². The number of benzene rings is 2. The van der Waals surface area contributed by atoms with E-state index in [0.717, 1.165) is 28.9 Å². The number of amides is 2. The van der Waals surface area contributed by atoms with Gasteiger partial charge in [-0.05, 0) is 55.2 Å². The zero-order valence-electron chi connectivity index (χ0n) is 16.7. The summed E-state index contributed by atoms with van der Waals surface area (Å²) in [5.74, 6) is -0.258. The molecule has 3 rings (SSSR count). The van der Waals surface area contributed by atoms with Gasteiger partial charge < -0.3 is 5.32 Å². The molecule has 1 fully saturated rings. The van der Waals surface area contributed by atoms with Gasteiger partial charge in [0.1, 0.15) is 5.25 Å². The minimum atomic E-state index is -0.455. The second kappa shape index (κ2) is 8.61. The summed E-state index contributed by atoms with van der Waals surface area (Å²) in [5.41, 5.74) is 4.92. The number of hydrogen-bond donors (Lipinski definition) is 1. The summed E-state index contributed by atoms with van der Waals surface area (Å²) in [7, 11) is 1.71. The first-order valence-corrected chi connectivity index (χ1v) is 10.2. The Balaban J connectivity index is 1.68. The molecule has 1 atom stereocenters. The zero-order valence-corrected chi connectivity index (χ0v) is 17.5. The van der Waals surface area contributed by atoms with Gasteiger partial charge in [-0.25, -0.2) is 4.99 Å². The fourth-order valence-electron chi connectivity index (χ4n) is 2.95. The average molecular weight is 396 g/mol. The monoisotopic (exact) mass is 395 g/mol. The SMILES string of the molecule is CCc1ccc(N=C2S[C@@H](CC(=O)Nc3cc(C)ccc3C)C(=O)N2C)cc1. The van der Waals surface area contributed by atoms with Crippen molar-refractivity contribution in [3.63, 3.8) is 0 Å². The molecular weight excluding hydrogens is 370 g/mol. The number of rotatable bonds is 5. The molecule has 2 aromatic rings. The van der Waals surface area contributed by atoms with Gasteiger partial charge in [0.25, 0.3) is 0 Å². The largest absolute Gasteiger partial charge is 0.326 e. The fraction of sp³-hybridized carbons (Fsp3) is 0.318. The minimum absolute atomic E-state index is 0.0926. The fourth-order valence-corrected chi connectivity index (χ4v) is 4.11. The molecule has 0 radical (unpaired) electrons.